The molecule has 1 aromatic heterocycles. The topological polar surface area (TPSA) is 59.6 Å². The van der Waals surface area contributed by atoms with Crippen molar-refractivity contribution in [2.45, 2.75) is 77.1 Å². The van der Waals surface area contributed by atoms with E-state index >= 15 is 0 Å². The van der Waals surface area contributed by atoms with Crippen molar-refractivity contribution in [3.05, 3.63) is 21.9 Å². The Morgan fingerprint density at radius 2 is 2.07 bits per heavy atom. The van der Waals surface area contributed by atoms with Crippen molar-refractivity contribution in [1.29, 1.82) is 0 Å². The lowest BCUT2D eigenvalue weighted by Crippen LogP contribution is -2.52. The van der Waals surface area contributed by atoms with E-state index in [9.17, 15) is 4.79 Å². The summed E-state index contributed by atoms with van der Waals surface area (Å²) in [5.74, 6) is 0.233. The number of rotatable bonds is 8. The molecule has 152 valence electrons. The fourth-order valence-electron chi connectivity index (χ4n) is 4.08. The number of ether oxygens (including phenoxy) is 2. The maximum atomic E-state index is 12.7. The predicted octanol–water partition coefficient (Wildman–Crippen LogP) is 3.41. The number of carbonyl (C=O) groups excluding carboxylic acids is 1. The molecule has 1 aliphatic carbocycles. The number of hydrogen-bond acceptors (Lipinski definition) is 5. The number of amides is 1. The van der Waals surface area contributed by atoms with E-state index in [1.807, 2.05) is 0 Å². The third-order valence-corrected chi connectivity index (χ3v) is 6.60. The van der Waals surface area contributed by atoms with E-state index in [0.717, 1.165) is 58.3 Å². The van der Waals surface area contributed by atoms with Gasteiger partial charge in [0.25, 0.3) is 0 Å². The highest BCUT2D eigenvalue weighted by atomic mass is 32.1. The number of thiophene rings is 1. The molecule has 27 heavy (non-hydrogen) atoms. The highest BCUT2D eigenvalue weighted by Gasteiger charge is 2.35. The third kappa shape index (κ3) is 6.28. The summed E-state index contributed by atoms with van der Waals surface area (Å²) in [6.07, 6.45) is 6.03. The van der Waals surface area contributed by atoms with Gasteiger partial charge in [-0.05, 0) is 57.6 Å². The predicted molar refractivity (Wildman–Crippen MR) is 109 cm³/mol. The molecule has 2 N–H and O–H groups in total. The zero-order chi connectivity index (χ0) is 19.1. The van der Waals surface area contributed by atoms with Crippen LogP contribution in [-0.4, -0.2) is 43.9 Å². The standard InChI is InChI=1S/C21H34N2O3S/c1-3-10-26-20-13-16(21(24)22-14-18-6-4-15(2)27-18)5-7-19(20)23-17-8-11-25-12-9-17/h4,6,16-17,19-20,23H,3,5,7-14H2,1-2H3,(H,22,24)/t16-,19-,20-/m0/s1. The maximum Gasteiger partial charge on any atom is 0.223 e. The second-order valence-electron chi connectivity index (χ2n) is 7.81. The van der Waals surface area contributed by atoms with Crippen LogP contribution >= 0.6 is 11.3 Å². The van der Waals surface area contributed by atoms with Crippen LogP contribution in [0.2, 0.25) is 0 Å². The zero-order valence-electron chi connectivity index (χ0n) is 16.7. The molecule has 0 unspecified atom stereocenters. The lowest BCUT2D eigenvalue weighted by molar-refractivity contribution is -0.128. The molecule has 3 atom stereocenters. The molecular formula is C21H34N2O3S. The second-order valence-corrected chi connectivity index (χ2v) is 9.18. The molecule has 5 nitrogen and oxygen atoms in total. The normalized spacial score (nSPS) is 26.8. The first kappa shape index (κ1) is 20.8. The van der Waals surface area contributed by atoms with Crippen molar-refractivity contribution < 1.29 is 14.3 Å². The number of carbonyl (C=O) groups is 1. The summed E-state index contributed by atoms with van der Waals surface area (Å²) in [5.41, 5.74) is 0. The average Bonchev–Trinajstić information content (AvgIpc) is 3.11. The maximum absolute atomic E-state index is 12.7. The van der Waals surface area contributed by atoms with Crippen LogP contribution in [0.5, 0.6) is 0 Å². The molecule has 6 heteroatoms. The van der Waals surface area contributed by atoms with Crippen LogP contribution in [0.4, 0.5) is 0 Å². The highest BCUT2D eigenvalue weighted by Crippen LogP contribution is 2.28. The largest absolute Gasteiger partial charge is 0.381 e. The molecule has 0 bridgehead atoms. The molecule has 1 aromatic rings. The molecule has 1 aliphatic heterocycles. The summed E-state index contributed by atoms with van der Waals surface area (Å²) in [5, 5.41) is 6.94. The quantitative estimate of drug-likeness (QED) is 0.709. The van der Waals surface area contributed by atoms with Crippen LogP contribution in [0, 0.1) is 12.8 Å². The van der Waals surface area contributed by atoms with Crippen molar-refractivity contribution in [3.8, 4) is 0 Å². The molecular weight excluding hydrogens is 360 g/mol. The lowest BCUT2D eigenvalue weighted by atomic mass is 9.82. The summed E-state index contributed by atoms with van der Waals surface area (Å²) < 4.78 is 11.6. The van der Waals surface area contributed by atoms with E-state index in [0.29, 0.717) is 18.6 Å². The van der Waals surface area contributed by atoms with E-state index in [1.165, 1.54) is 9.75 Å². The Morgan fingerprint density at radius 1 is 1.26 bits per heavy atom. The van der Waals surface area contributed by atoms with Crippen LogP contribution in [-0.2, 0) is 20.8 Å². The van der Waals surface area contributed by atoms with Crippen LogP contribution < -0.4 is 10.6 Å². The molecule has 0 radical (unpaired) electrons. The van der Waals surface area contributed by atoms with Crippen molar-refractivity contribution >= 4 is 17.2 Å². The first-order valence-corrected chi connectivity index (χ1v) is 11.3. The van der Waals surface area contributed by atoms with Gasteiger partial charge in [0.2, 0.25) is 5.91 Å². The Morgan fingerprint density at radius 3 is 2.78 bits per heavy atom. The molecule has 3 rings (SSSR count). The first-order valence-electron chi connectivity index (χ1n) is 10.4. The monoisotopic (exact) mass is 394 g/mol. The molecule has 1 amide bonds. The summed E-state index contributed by atoms with van der Waals surface area (Å²) in [6, 6.07) is 5.07. The van der Waals surface area contributed by atoms with Gasteiger partial charge >= 0.3 is 0 Å². The highest BCUT2D eigenvalue weighted by molar-refractivity contribution is 7.11. The molecule has 2 aliphatic rings. The Labute approximate surface area is 167 Å². The first-order chi connectivity index (χ1) is 13.2. The SMILES string of the molecule is CCCO[C@H]1C[C@@H](C(=O)NCc2ccc(C)s2)CC[C@@H]1NC1CCOCC1. The molecule has 2 heterocycles. The van der Waals surface area contributed by atoms with E-state index < -0.39 is 0 Å². The van der Waals surface area contributed by atoms with Gasteiger partial charge in [0, 0.05) is 47.6 Å². The molecule has 1 saturated heterocycles. The van der Waals surface area contributed by atoms with E-state index in [-0.39, 0.29) is 17.9 Å². The minimum atomic E-state index is 0.0562. The number of hydrogen-bond donors (Lipinski definition) is 2. The van der Waals surface area contributed by atoms with Crippen LogP contribution in [0.25, 0.3) is 0 Å². The molecule has 0 spiro atoms. The lowest BCUT2D eigenvalue weighted by Gasteiger charge is -2.38. The van der Waals surface area contributed by atoms with Crippen molar-refractivity contribution in [2.75, 3.05) is 19.8 Å². The van der Waals surface area contributed by atoms with Crippen LogP contribution in [0.1, 0.15) is 55.2 Å². The van der Waals surface area contributed by atoms with Crippen LogP contribution in [0.3, 0.4) is 0 Å². The zero-order valence-corrected chi connectivity index (χ0v) is 17.5. The fourth-order valence-corrected chi connectivity index (χ4v) is 4.91. The fraction of sp³-hybridized carbons (Fsp3) is 0.762. The van der Waals surface area contributed by atoms with E-state index in [4.69, 9.17) is 9.47 Å². The molecule has 1 saturated carbocycles. The Kier molecular flexibility index (Phi) is 8.12. The van der Waals surface area contributed by atoms with Gasteiger partial charge in [-0.1, -0.05) is 6.92 Å². The van der Waals surface area contributed by atoms with Gasteiger partial charge in [-0.3, -0.25) is 4.79 Å². The van der Waals surface area contributed by atoms with E-state index in [2.05, 4.69) is 36.6 Å². The van der Waals surface area contributed by atoms with Crippen molar-refractivity contribution in [2.24, 2.45) is 5.92 Å². The average molecular weight is 395 g/mol. The number of nitrogens with one attached hydrogen (secondary N) is 2. The smallest absolute Gasteiger partial charge is 0.223 e. The van der Waals surface area contributed by atoms with Crippen LogP contribution in [0.15, 0.2) is 12.1 Å². The third-order valence-electron chi connectivity index (χ3n) is 5.60. The van der Waals surface area contributed by atoms with Gasteiger partial charge in [-0.2, -0.15) is 0 Å². The summed E-state index contributed by atoms with van der Waals surface area (Å²) in [7, 11) is 0. The summed E-state index contributed by atoms with van der Waals surface area (Å²) in [6.45, 7) is 7.32. The number of aryl methyl sites for hydroxylation is 1. The Bertz CT molecular complexity index is 586. The Balaban J connectivity index is 1.51. The van der Waals surface area contributed by atoms with Gasteiger partial charge < -0.3 is 20.1 Å². The molecule has 0 aromatic carbocycles. The Hall–Kier alpha value is -0.950. The van der Waals surface area contributed by atoms with Crippen molar-refractivity contribution in [3.63, 3.8) is 0 Å². The van der Waals surface area contributed by atoms with Crippen molar-refractivity contribution in [1.82, 2.24) is 10.6 Å². The molecule has 2 fully saturated rings. The summed E-state index contributed by atoms with van der Waals surface area (Å²) in [4.78, 5) is 15.2. The van der Waals surface area contributed by atoms with Gasteiger partial charge in [0.1, 0.15) is 0 Å². The minimum Gasteiger partial charge on any atom is -0.381 e. The van der Waals surface area contributed by atoms with Gasteiger partial charge in [0.05, 0.1) is 12.6 Å². The summed E-state index contributed by atoms with van der Waals surface area (Å²) >= 11 is 1.75. The van der Waals surface area contributed by atoms with Gasteiger partial charge in [0.15, 0.2) is 0 Å². The van der Waals surface area contributed by atoms with Gasteiger partial charge in [-0.15, -0.1) is 11.3 Å². The van der Waals surface area contributed by atoms with Gasteiger partial charge in [-0.25, -0.2) is 0 Å². The second kappa shape index (κ2) is 10.6. The van der Waals surface area contributed by atoms with E-state index in [1.54, 1.807) is 11.3 Å². The minimum absolute atomic E-state index is 0.0562.